The summed E-state index contributed by atoms with van der Waals surface area (Å²) in [5.74, 6) is -2.73. The number of hydrogen-bond acceptors (Lipinski definition) is 9. The number of aliphatic carboxylic acids is 1. The van der Waals surface area contributed by atoms with Gasteiger partial charge in [0.2, 0.25) is 21.8 Å². The summed E-state index contributed by atoms with van der Waals surface area (Å²) in [7, 11) is -3.87. The number of nitrogens with one attached hydrogen (secondary N) is 2. The molecule has 3 aliphatic rings. The molecular formula is C21H24N5O8S2-. The zero-order chi connectivity index (χ0) is 26.6. The number of thioether (sulfide) groups is 1. The maximum atomic E-state index is 13.3. The highest BCUT2D eigenvalue weighted by atomic mass is 32.2. The van der Waals surface area contributed by atoms with Gasteiger partial charge in [0.05, 0.1) is 31.4 Å². The molecular weight excluding hydrogens is 514 g/mol. The third-order valence-corrected chi connectivity index (χ3v) is 8.95. The second-order valence-electron chi connectivity index (χ2n) is 9.13. The Hall–Kier alpha value is -3.33. The van der Waals surface area contributed by atoms with E-state index in [1.165, 1.54) is 16.7 Å². The first-order valence-electron chi connectivity index (χ1n) is 10.9. The highest BCUT2D eigenvalue weighted by Crippen LogP contribution is 2.50. The number of carboxylic acids is 1. The first kappa shape index (κ1) is 25.8. The predicted molar refractivity (Wildman–Crippen MR) is 124 cm³/mol. The number of carbonyl (C=O) groups excluding carboxylic acids is 5. The molecule has 0 unspecified atom stereocenters. The Bertz CT molecular complexity index is 1240. The number of β-lactam (4-membered cyclic amide) rings is 1. The fourth-order valence-corrected chi connectivity index (χ4v) is 6.94. The van der Waals surface area contributed by atoms with Crippen molar-refractivity contribution in [3.05, 3.63) is 35.9 Å². The van der Waals surface area contributed by atoms with Crippen LogP contribution in [0.1, 0.15) is 25.5 Å². The second kappa shape index (κ2) is 8.96. The van der Waals surface area contributed by atoms with Gasteiger partial charge in [-0.2, -0.15) is 0 Å². The number of urea groups is 2. The third-order valence-electron chi connectivity index (χ3n) is 6.24. The maximum absolute atomic E-state index is 13.3. The Labute approximate surface area is 211 Å². The van der Waals surface area contributed by atoms with E-state index in [4.69, 9.17) is 0 Å². The fourth-order valence-electron chi connectivity index (χ4n) is 4.52. The average molecular weight is 539 g/mol. The van der Waals surface area contributed by atoms with E-state index in [2.05, 4.69) is 10.6 Å². The van der Waals surface area contributed by atoms with Crippen molar-refractivity contribution in [2.24, 2.45) is 0 Å². The lowest BCUT2D eigenvalue weighted by molar-refractivity contribution is -0.312. The Morgan fingerprint density at radius 3 is 2.33 bits per heavy atom. The summed E-state index contributed by atoms with van der Waals surface area (Å²) in [6.07, 6.45) is 0.846. The zero-order valence-corrected chi connectivity index (χ0v) is 21.2. The van der Waals surface area contributed by atoms with E-state index in [-0.39, 0.29) is 13.1 Å². The van der Waals surface area contributed by atoms with Gasteiger partial charge in [0.15, 0.2) is 0 Å². The van der Waals surface area contributed by atoms with E-state index in [1.807, 2.05) is 0 Å². The van der Waals surface area contributed by atoms with Crippen LogP contribution in [0.2, 0.25) is 0 Å². The van der Waals surface area contributed by atoms with Gasteiger partial charge in [-0.05, 0) is 19.4 Å². The molecule has 3 heterocycles. The van der Waals surface area contributed by atoms with Crippen LogP contribution in [0, 0.1) is 0 Å². The molecule has 0 saturated carbocycles. The van der Waals surface area contributed by atoms with Crippen molar-refractivity contribution >= 4 is 51.6 Å². The highest BCUT2D eigenvalue weighted by Gasteiger charge is 2.62. The number of imide groups is 1. The number of carbonyl (C=O) groups is 5. The smallest absolute Gasteiger partial charge is 0.341 e. The SMILES string of the molecule is CC1(C)S[C@@H]2[C@H](NC(=O)[C@H](NC(=O)N3CCN(S(C)(=O)=O)C3=O)c3ccccc3)C(=O)N2[C@H]1C(=O)[O-]. The van der Waals surface area contributed by atoms with Crippen molar-refractivity contribution in [1.82, 2.24) is 24.7 Å². The molecule has 0 spiro atoms. The van der Waals surface area contributed by atoms with Crippen molar-refractivity contribution in [2.75, 3.05) is 19.3 Å². The van der Waals surface area contributed by atoms with Gasteiger partial charge in [-0.15, -0.1) is 11.8 Å². The van der Waals surface area contributed by atoms with Gasteiger partial charge < -0.3 is 25.4 Å². The second-order valence-corrected chi connectivity index (χ2v) is 12.8. The Morgan fingerprint density at radius 1 is 1.14 bits per heavy atom. The molecule has 2 N–H and O–H groups in total. The molecule has 6 amide bonds. The molecule has 4 rings (SSSR count). The molecule has 0 aliphatic carbocycles. The largest absolute Gasteiger partial charge is 0.548 e. The molecule has 0 radical (unpaired) electrons. The summed E-state index contributed by atoms with van der Waals surface area (Å²) in [6, 6.07) is 2.56. The molecule has 36 heavy (non-hydrogen) atoms. The van der Waals surface area contributed by atoms with Gasteiger partial charge in [-0.3, -0.25) is 9.59 Å². The zero-order valence-electron chi connectivity index (χ0n) is 19.5. The lowest BCUT2D eigenvalue weighted by atomic mass is 9.95. The molecule has 0 aromatic heterocycles. The molecule has 3 fully saturated rings. The van der Waals surface area contributed by atoms with E-state index in [1.54, 1.807) is 44.2 Å². The van der Waals surface area contributed by atoms with Crippen LogP contribution in [-0.2, 0) is 24.4 Å². The van der Waals surface area contributed by atoms with Crippen LogP contribution in [0.3, 0.4) is 0 Å². The number of benzene rings is 1. The highest BCUT2D eigenvalue weighted by molar-refractivity contribution is 8.01. The van der Waals surface area contributed by atoms with Gasteiger partial charge in [-0.25, -0.2) is 27.2 Å². The topological polar surface area (TPSA) is 176 Å². The minimum Gasteiger partial charge on any atom is -0.548 e. The van der Waals surface area contributed by atoms with Crippen LogP contribution >= 0.6 is 11.8 Å². The van der Waals surface area contributed by atoms with Gasteiger partial charge in [-0.1, -0.05) is 30.3 Å². The standard InChI is InChI=1S/C21H25N5O8S2/c1-21(2)14(18(29)30)26-16(28)13(17(26)35-21)22-15(27)12(11-7-5-4-6-8-11)23-19(31)24-9-10-25(20(24)32)36(3,33)34/h4-8,12-14,17H,9-10H2,1-3H3,(H,22,27)(H,23,31)(H,29,30)/p-1/t12-,13-,14+,17-/m1/s1. The monoisotopic (exact) mass is 538 g/mol. The van der Waals surface area contributed by atoms with E-state index >= 15 is 0 Å². The number of hydrogen-bond donors (Lipinski definition) is 2. The lowest BCUT2D eigenvalue weighted by Crippen LogP contribution is -2.72. The van der Waals surface area contributed by atoms with Crippen molar-refractivity contribution in [3.8, 4) is 0 Å². The Balaban J connectivity index is 1.51. The summed E-state index contributed by atoms with van der Waals surface area (Å²) in [4.78, 5) is 64.8. The van der Waals surface area contributed by atoms with Gasteiger partial charge in [0.1, 0.15) is 17.5 Å². The average Bonchev–Trinajstić information content (AvgIpc) is 3.31. The molecule has 15 heteroatoms. The van der Waals surface area contributed by atoms with Gasteiger partial charge >= 0.3 is 12.1 Å². The predicted octanol–water partition coefficient (Wildman–Crippen LogP) is -1.57. The van der Waals surface area contributed by atoms with Crippen LogP contribution in [0.15, 0.2) is 30.3 Å². The van der Waals surface area contributed by atoms with Crippen LogP contribution in [0.5, 0.6) is 0 Å². The summed E-state index contributed by atoms with van der Waals surface area (Å²) < 4.78 is 23.2. The normalized spacial score (nSPS) is 25.8. The van der Waals surface area contributed by atoms with E-state index in [0.29, 0.717) is 14.8 Å². The number of sulfonamides is 1. The van der Waals surface area contributed by atoms with Gasteiger partial charge in [0.25, 0.3) is 0 Å². The van der Waals surface area contributed by atoms with Crippen LogP contribution < -0.4 is 15.7 Å². The molecule has 1 aromatic rings. The first-order chi connectivity index (χ1) is 16.7. The molecule has 13 nitrogen and oxygen atoms in total. The third kappa shape index (κ3) is 4.36. The first-order valence-corrected chi connectivity index (χ1v) is 13.6. The van der Waals surface area contributed by atoms with Crippen molar-refractivity contribution in [2.45, 2.75) is 42.1 Å². The van der Waals surface area contributed by atoms with Crippen LogP contribution in [0.4, 0.5) is 9.59 Å². The van der Waals surface area contributed by atoms with Crippen LogP contribution in [0.25, 0.3) is 0 Å². The number of rotatable bonds is 6. The minimum atomic E-state index is -3.87. The maximum Gasteiger partial charge on any atom is 0.341 e. The molecule has 0 bridgehead atoms. The summed E-state index contributed by atoms with van der Waals surface area (Å²) >= 11 is 1.22. The molecule has 3 aliphatic heterocycles. The van der Waals surface area contributed by atoms with E-state index < -0.39 is 68.1 Å². The van der Waals surface area contributed by atoms with Crippen LogP contribution in [-0.4, -0.2) is 93.9 Å². The Morgan fingerprint density at radius 2 is 1.78 bits per heavy atom. The number of carboxylic acid groups (broad SMARTS) is 1. The Kier molecular flexibility index (Phi) is 6.41. The lowest BCUT2D eigenvalue weighted by Gasteiger charge is -2.45. The van der Waals surface area contributed by atoms with Crippen molar-refractivity contribution < 1.29 is 37.5 Å². The number of fused-ring (bicyclic) bond motifs is 1. The van der Waals surface area contributed by atoms with E-state index in [0.717, 1.165) is 6.26 Å². The molecule has 194 valence electrons. The fraction of sp³-hybridized carbons (Fsp3) is 0.476. The van der Waals surface area contributed by atoms with E-state index in [9.17, 15) is 37.5 Å². The molecule has 4 atom stereocenters. The van der Waals surface area contributed by atoms with Gasteiger partial charge in [0, 0.05) is 4.75 Å². The summed E-state index contributed by atoms with van der Waals surface area (Å²) in [6.45, 7) is 2.92. The van der Waals surface area contributed by atoms with Crippen molar-refractivity contribution in [3.63, 3.8) is 0 Å². The number of amides is 6. The number of nitrogens with zero attached hydrogens (tertiary/aromatic N) is 3. The minimum absolute atomic E-state index is 0.199. The molecule has 1 aromatic carbocycles. The summed E-state index contributed by atoms with van der Waals surface area (Å²) in [5.41, 5.74) is 0.352. The summed E-state index contributed by atoms with van der Waals surface area (Å²) in [5, 5.41) is 16.0. The van der Waals surface area contributed by atoms with Crippen molar-refractivity contribution in [1.29, 1.82) is 0 Å². The molecule has 3 saturated heterocycles. The quantitative estimate of drug-likeness (QED) is 0.405.